The molecule has 25 heavy (non-hydrogen) atoms. The lowest BCUT2D eigenvalue weighted by molar-refractivity contribution is 0.198. The maximum absolute atomic E-state index is 12.2. The average Bonchev–Trinajstić information content (AvgIpc) is 2.86. The minimum atomic E-state index is -0.230. The number of carbonyl (C=O) groups is 1. The Morgan fingerprint density at radius 3 is 2.56 bits per heavy atom. The summed E-state index contributed by atoms with van der Waals surface area (Å²) in [7, 11) is 0. The highest BCUT2D eigenvalue weighted by molar-refractivity contribution is 7.09. The van der Waals surface area contributed by atoms with Crippen molar-refractivity contribution in [1.29, 1.82) is 0 Å². The van der Waals surface area contributed by atoms with Crippen LogP contribution in [0, 0.1) is 6.92 Å². The Morgan fingerprint density at radius 2 is 1.92 bits per heavy atom. The van der Waals surface area contributed by atoms with Gasteiger partial charge in [-0.2, -0.15) is 4.37 Å². The normalized spacial score (nSPS) is 16.8. The molecule has 1 aromatic heterocycles. The molecule has 1 saturated heterocycles. The van der Waals surface area contributed by atoms with E-state index in [9.17, 15) is 4.79 Å². The molecular weight excluding hydrogens is 334 g/mol. The first-order valence-corrected chi connectivity index (χ1v) is 9.64. The maximum atomic E-state index is 12.2. The molecule has 134 valence electrons. The lowest BCUT2D eigenvalue weighted by Crippen LogP contribution is -2.40. The SMILES string of the molecule is Cc1nsc(NC(=O)NCC(c2ccccc2)N2CCCCCC2)n1. The molecule has 0 aliphatic carbocycles. The fraction of sp³-hybridized carbons (Fsp3) is 0.500. The third-order valence-electron chi connectivity index (χ3n) is 4.47. The van der Waals surface area contributed by atoms with Crippen LogP contribution in [0.15, 0.2) is 30.3 Å². The van der Waals surface area contributed by atoms with Gasteiger partial charge in [-0.3, -0.25) is 10.2 Å². The summed E-state index contributed by atoms with van der Waals surface area (Å²) in [6, 6.07) is 10.4. The largest absolute Gasteiger partial charge is 0.336 e. The van der Waals surface area contributed by atoms with Gasteiger partial charge >= 0.3 is 6.03 Å². The van der Waals surface area contributed by atoms with Crippen molar-refractivity contribution in [3.05, 3.63) is 41.7 Å². The molecule has 0 spiro atoms. The molecule has 7 heteroatoms. The Balaban J connectivity index is 1.63. The molecule has 1 atom stereocenters. The van der Waals surface area contributed by atoms with Gasteiger partial charge in [-0.15, -0.1) is 0 Å². The number of rotatable bonds is 5. The van der Waals surface area contributed by atoms with Crippen LogP contribution >= 0.6 is 11.5 Å². The monoisotopic (exact) mass is 359 g/mol. The molecule has 0 saturated carbocycles. The molecule has 2 aromatic rings. The molecule has 1 aliphatic rings. The Labute approximate surface area is 152 Å². The van der Waals surface area contributed by atoms with Gasteiger partial charge in [0.2, 0.25) is 5.13 Å². The number of aromatic nitrogens is 2. The predicted molar refractivity (Wildman–Crippen MR) is 101 cm³/mol. The van der Waals surface area contributed by atoms with E-state index in [1.54, 1.807) is 0 Å². The van der Waals surface area contributed by atoms with Crippen molar-refractivity contribution in [1.82, 2.24) is 19.6 Å². The van der Waals surface area contributed by atoms with Gasteiger partial charge in [0.15, 0.2) is 0 Å². The van der Waals surface area contributed by atoms with Gasteiger partial charge in [-0.05, 0) is 38.4 Å². The van der Waals surface area contributed by atoms with Crippen LogP contribution in [0.25, 0.3) is 0 Å². The third kappa shape index (κ3) is 5.24. The molecule has 3 rings (SSSR count). The number of hydrogen-bond acceptors (Lipinski definition) is 5. The number of anilines is 1. The number of amides is 2. The lowest BCUT2D eigenvalue weighted by Gasteiger charge is -2.31. The van der Waals surface area contributed by atoms with Gasteiger partial charge in [-0.25, -0.2) is 9.78 Å². The van der Waals surface area contributed by atoms with E-state index in [2.05, 4.69) is 49.2 Å². The Hall–Kier alpha value is -1.99. The number of nitrogens with zero attached hydrogens (tertiary/aromatic N) is 3. The third-order valence-corrected chi connectivity index (χ3v) is 5.19. The highest BCUT2D eigenvalue weighted by atomic mass is 32.1. The first-order chi connectivity index (χ1) is 12.2. The van der Waals surface area contributed by atoms with Crippen LogP contribution in [-0.2, 0) is 0 Å². The second kappa shape index (κ2) is 8.92. The number of likely N-dealkylation sites (tertiary alicyclic amines) is 1. The Bertz CT molecular complexity index is 667. The van der Waals surface area contributed by atoms with Crippen molar-refractivity contribution in [3.8, 4) is 0 Å². The number of benzene rings is 1. The molecule has 6 nitrogen and oxygen atoms in total. The van der Waals surface area contributed by atoms with Crippen LogP contribution in [-0.4, -0.2) is 39.9 Å². The van der Waals surface area contributed by atoms with Gasteiger partial charge in [0.25, 0.3) is 0 Å². The molecule has 2 amide bonds. The Kier molecular flexibility index (Phi) is 6.36. The highest BCUT2D eigenvalue weighted by Crippen LogP contribution is 2.23. The number of nitrogens with one attached hydrogen (secondary N) is 2. The molecular formula is C18H25N5OS. The van der Waals surface area contributed by atoms with Crippen LogP contribution in [0.1, 0.15) is 43.1 Å². The summed E-state index contributed by atoms with van der Waals surface area (Å²) in [4.78, 5) is 18.9. The fourth-order valence-electron chi connectivity index (χ4n) is 3.22. The van der Waals surface area contributed by atoms with Crippen molar-refractivity contribution in [2.45, 2.75) is 38.6 Å². The van der Waals surface area contributed by atoms with E-state index in [4.69, 9.17) is 0 Å². The van der Waals surface area contributed by atoms with Gasteiger partial charge in [-0.1, -0.05) is 43.2 Å². The lowest BCUT2D eigenvalue weighted by atomic mass is 10.0. The molecule has 1 fully saturated rings. The standard InChI is InChI=1S/C18H25N5OS/c1-14-20-18(25-22-14)21-17(24)19-13-16(15-9-5-4-6-10-15)23-11-7-2-3-8-12-23/h4-6,9-10,16H,2-3,7-8,11-13H2,1H3,(H2,19,20,21,22,24). The summed E-state index contributed by atoms with van der Waals surface area (Å²) in [5.74, 6) is 0.673. The van der Waals surface area contributed by atoms with E-state index in [1.165, 1.54) is 42.8 Å². The number of urea groups is 1. The topological polar surface area (TPSA) is 70.2 Å². The maximum Gasteiger partial charge on any atom is 0.321 e. The van der Waals surface area contributed by atoms with Crippen molar-refractivity contribution in [3.63, 3.8) is 0 Å². The molecule has 0 bridgehead atoms. The van der Waals surface area contributed by atoms with Crippen molar-refractivity contribution < 1.29 is 4.79 Å². The highest BCUT2D eigenvalue weighted by Gasteiger charge is 2.22. The second-order valence-electron chi connectivity index (χ2n) is 6.36. The van der Waals surface area contributed by atoms with E-state index in [0.717, 1.165) is 13.1 Å². The summed E-state index contributed by atoms with van der Waals surface area (Å²) in [5, 5.41) is 6.29. The molecule has 1 aromatic carbocycles. The minimum Gasteiger partial charge on any atom is -0.336 e. The van der Waals surface area contributed by atoms with E-state index in [0.29, 0.717) is 17.5 Å². The van der Waals surface area contributed by atoms with Crippen LogP contribution in [0.5, 0.6) is 0 Å². The second-order valence-corrected chi connectivity index (χ2v) is 7.11. The van der Waals surface area contributed by atoms with E-state index in [1.807, 2.05) is 13.0 Å². The first-order valence-electron chi connectivity index (χ1n) is 8.86. The number of hydrogen-bond donors (Lipinski definition) is 2. The predicted octanol–water partition coefficient (Wildman–Crippen LogP) is 3.59. The number of aryl methyl sites for hydroxylation is 1. The van der Waals surface area contributed by atoms with Gasteiger partial charge < -0.3 is 5.32 Å². The summed E-state index contributed by atoms with van der Waals surface area (Å²) in [6.07, 6.45) is 5.03. The molecule has 2 N–H and O–H groups in total. The van der Waals surface area contributed by atoms with Gasteiger partial charge in [0, 0.05) is 18.1 Å². The summed E-state index contributed by atoms with van der Waals surface area (Å²) in [5.41, 5.74) is 1.25. The summed E-state index contributed by atoms with van der Waals surface area (Å²) in [6.45, 7) is 4.55. The van der Waals surface area contributed by atoms with Crippen molar-refractivity contribution in [2.24, 2.45) is 0 Å². The van der Waals surface area contributed by atoms with Gasteiger partial charge in [0.1, 0.15) is 5.82 Å². The average molecular weight is 359 g/mol. The van der Waals surface area contributed by atoms with Gasteiger partial charge in [0.05, 0.1) is 6.04 Å². The quantitative estimate of drug-likeness (QED) is 0.856. The zero-order valence-electron chi connectivity index (χ0n) is 14.6. The minimum absolute atomic E-state index is 0.196. The van der Waals surface area contributed by atoms with E-state index < -0.39 is 0 Å². The first kappa shape index (κ1) is 17.8. The van der Waals surface area contributed by atoms with Crippen LogP contribution in [0.4, 0.5) is 9.93 Å². The molecule has 2 heterocycles. The van der Waals surface area contributed by atoms with E-state index >= 15 is 0 Å². The fourth-order valence-corrected chi connectivity index (χ4v) is 3.79. The Morgan fingerprint density at radius 1 is 1.20 bits per heavy atom. The summed E-state index contributed by atoms with van der Waals surface area (Å²) < 4.78 is 4.08. The molecule has 1 aliphatic heterocycles. The van der Waals surface area contributed by atoms with Crippen LogP contribution < -0.4 is 10.6 Å². The van der Waals surface area contributed by atoms with E-state index in [-0.39, 0.29) is 12.1 Å². The zero-order valence-corrected chi connectivity index (χ0v) is 15.4. The van der Waals surface area contributed by atoms with Crippen LogP contribution in [0.3, 0.4) is 0 Å². The smallest absolute Gasteiger partial charge is 0.321 e. The van der Waals surface area contributed by atoms with Crippen molar-refractivity contribution in [2.75, 3.05) is 25.0 Å². The molecule has 0 radical (unpaired) electrons. The zero-order chi connectivity index (χ0) is 17.5. The van der Waals surface area contributed by atoms with Crippen molar-refractivity contribution >= 4 is 22.7 Å². The summed E-state index contributed by atoms with van der Waals surface area (Å²) >= 11 is 1.20. The van der Waals surface area contributed by atoms with Crippen LogP contribution in [0.2, 0.25) is 0 Å². The number of carbonyl (C=O) groups excluding carboxylic acids is 1. The molecule has 1 unspecified atom stereocenters.